The third-order valence-electron chi connectivity index (χ3n) is 3.87. The molecule has 1 amide bonds. The van der Waals surface area contributed by atoms with Gasteiger partial charge in [-0.25, -0.2) is 8.78 Å². The van der Waals surface area contributed by atoms with Crippen molar-refractivity contribution in [3.05, 3.63) is 34.9 Å². The van der Waals surface area contributed by atoms with Gasteiger partial charge in [0.15, 0.2) is 0 Å². The lowest BCUT2D eigenvalue weighted by Gasteiger charge is -2.26. The maximum Gasteiger partial charge on any atom is 0.254 e. The van der Waals surface area contributed by atoms with Gasteiger partial charge in [-0.15, -0.1) is 0 Å². The highest BCUT2D eigenvalue weighted by atomic mass is 19.1. The summed E-state index contributed by atoms with van der Waals surface area (Å²) in [5.41, 5.74) is 6.04. The Morgan fingerprint density at radius 3 is 2.80 bits per heavy atom. The topological polar surface area (TPSA) is 55.1 Å². The third kappa shape index (κ3) is 3.54. The van der Waals surface area contributed by atoms with Crippen LogP contribution in [0.4, 0.5) is 8.78 Å². The van der Waals surface area contributed by atoms with E-state index in [1.165, 1.54) is 13.0 Å². The summed E-state index contributed by atoms with van der Waals surface area (Å²) in [5, 5.41) is 2.72. The molecule has 0 aliphatic heterocycles. The van der Waals surface area contributed by atoms with E-state index >= 15 is 0 Å². The minimum Gasteiger partial charge on any atom is -0.352 e. The lowest BCUT2D eigenvalue weighted by Crippen LogP contribution is -2.35. The van der Waals surface area contributed by atoms with Gasteiger partial charge < -0.3 is 11.1 Å². The molecule has 20 heavy (non-hydrogen) atoms. The third-order valence-corrected chi connectivity index (χ3v) is 3.87. The molecule has 1 aromatic carbocycles. The first-order chi connectivity index (χ1) is 9.47. The number of benzene rings is 1. The second-order valence-electron chi connectivity index (χ2n) is 5.58. The van der Waals surface area contributed by atoms with Crippen LogP contribution in [0.5, 0.6) is 0 Å². The van der Waals surface area contributed by atoms with Crippen molar-refractivity contribution in [1.29, 1.82) is 0 Å². The maximum atomic E-state index is 13.6. The normalized spacial score (nSPS) is 22.6. The molecule has 5 heteroatoms. The van der Waals surface area contributed by atoms with Crippen molar-refractivity contribution in [2.45, 2.75) is 38.6 Å². The fraction of sp³-hybridized carbons (Fsp3) is 0.533. The van der Waals surface area contributed by atoms with Crippen LogP contribution in [0.15, 0.2) is 12.1 Å². The predicted molar refractivity (Wildman–Crippen MR) is 73.4 cm³/mol. The van der Waals surface area contributed by atoms with Crippen molar-refractivity contribution in [2.75, 3.05) is 6.54 Å². The van der Waals surface area contributed by atoms with Crippen molar-refractivity contribution in [3.8, 4) is 0 Å². The van der Waals surface area contributed by atoms with E-state index in [9.17, 15) is 13.6 Å². The number of amides is 1. The van der Waals surface area contributed by atoms with Gasteiger partial charge in [-0.3, -0.25) is 4.79 Å². The molecule has 0 radical (unpaired) electrons. The van der Waals surface area contributed by atoms with Crippen LogP contribution in [0.2, 0.25) is 0 Å². The summed E-state index contributed by atoms with van der Waals surface area (Å²) in [7, 11) is 0. The van der Waals surface area contributed by atoms with E-state index in [0.29, 0.717) is 12.5 Å². The van der Waals surface area contributed by atoms with Crippen molar-refractivity contribution in [1.82, 2.24) is 5.32 Å². The van der Waals surface area contributed by atoms with Crippen LogP contribution in [0.1, 0.15) is 41.6 Å². The number of nitrogens with one attached hydrogen (secondary N) is 1. The summed E-state index contributed by atoms with van der Waals surface area (Å²) in [6.45, 7) is 1.99. The highest BCUT2D eigenvalue weighted by Gasteiger charge is 2.21. The molecule has 0 heterocycles. The second kappa shape index (κ2) is 6.31. The summed E-state index contributed by atoms with van der Waals surface area (Å²) in [6, 6.07) is 2.18. The first kappa shape index (κ1) is 14.9. The van der Waals surface area contributed by atoms with Crippen LogP contribution in [-0.4, -0.2) is 18.5 Å². The maximum absolute atomic E-state index is 13.6. The van der Waals surface area contributed by atoms with Crippen LogP contribution in [-0.2, 0) is 0 Å². The molecular weight excluding hydrogens is 262 g/mol. The SMILES string of the molecule is Cc1cc(C(=O)NCC2CCCC(N)C2)c(F)cc1F. The molecule has 110 valence electrons. The molecule has 1 aliphatic rings. The van der Waals surface area contributed by atoms with Gasteiger partial charge in [0.25, 0.3) is 5.91 Å². The molecule has 1 fully saturated rings. The molecule has 2 rings (SSSR count). The predicted octanol–water partition coefficient (Wildman–Crippen LogP) is 2.52. The smallest absolute Gasteiger partial charge is 0.254 e. The van der Waals surface area contributed by atoms with Gasteiger partial charge in [-0.2, -0.15) is 0 Å². The lowest BCUT2D eigenvalue weighted by molar-refractivity contribution is 0.0938. The second-order valence-corrected chi connectivity index (χ2v) is 5.58. The Kier molecular flexibility index (Phi) is 4.70. The van der Waals surface area contributed by atoms with Crippen LogP contribution in [0, 0.1) is 24.5 Å². The Hall–Kier alpha value is -1.49. The zero-order chi connectivity index (χ0) is 14.7. The lowest BCUT2D eigenvalue weighted by atomic mass is 9.86. The number of hydrogen-bond donors (Lipinski definition) is 2. The summed E-state index contributed by atoms with van der Waals surface area (Å²) in [4.78, 5) is 11.9. The summed E-state index contributed by atoms with van der Waals surface area (Å²) in [5.74, 6) is -1.62. The monoisotopic (exact) mass is 282 g/mol. The molecule has 3 nitrogen and oxygen atoms in total. The zero-order valence-electron chi connectivity index (χ0n) is 11.6. The van der Waals surface area contributed by atoms with E-state index in [2.05, 4.69) is 5.32 Å². The largest absolute Gasteiger partial charge is 0.352 e. The summed E-state index contributed by atoms with van der Waals surface area (Å²) < 4.78 is 26.7. The molecule has 2 atom stereocenters. The van der Waals surface area contributed by atoms with Gasteiger partial charge in [0.2, 0.25) is 0 Å². The quantitative estimate of drug-likeness (QED) is 0.895. The number of carbonyl (C=O) groups is 1. The van der Waals surface area contributed by atoms with Crippen molar-refractivity contribution in [3.63, 3.8) is 0 Å². The van der Waals surface area contributed by atoms with E-state index in [-0.39, 0.29) is 17.2 Å². The van der Waals surface area contributed by atoms with Gasteiger partial charge in [0, 0.05) is 18.7 Å². The molecule has 3 N–H and O–H groups in total. The fourth-order valence-electron chi connectivity index (χ4n) is 2.68. The molecule has 1 aliphatic carbocycles. The minimum atomic E-state index is -0.828. The molecular formula is C15H20F2N2O. The van der Waals surface area contributed by atoms with Gasteiger partial charge in [0.05, 0.1) is 5.56 Å². The molecule has 0 spiro atoms. The van der Waals surface area contributed by atoms with Gasteiger partial charge >= 0.3 is 0 Å². The Balaban J connectivity index is 1.96. The number of rotatable bonds is 3. The van der Waals surface area contributed by atoms with Crippen molar-refractivity contribution >= 4 is 5.91 Å². The number of carbonyl (C=O) groups excluding carboxylic acids is 1. The average Bonchev–Trinajstić information content (AvgIpc) is 2.40. The first-order valence-electron chi connectivity index (χ1n) is 6.96. The van der Waals surface area contributed by atoms with E-state index in [1.807, 2.05) is 0 Å². The van der Waals surface area contributed by atoms with Crippen LogP contribution in [0.3, 0.4) is 0 Å². The van der Waals surface area contributed by atoms with E-state index in [0.717, 1.165) is 31.7 Å². The molecule has 0 saturated heterocycles. The standard InChI is InChI=1S/C15H20F2N2O/c1-9-5-12(14(17)7-13(9)16)15(20)19-8-10-3-2-4-11(18)6-10/h5,7,10-11H,2-4,6,8,18H2,1H3,(H,19,20). The van der Waals surface area contributed by atoms with Crippen molar-refractivity contribution in [2.24, 2.45) is 11.7 Å². The van der Waals surface area contributed by atoms with Crippen LogP contribution < -0.4 is 11.1 Å². The Morgan fingerprint density at radius 1 is 1.35 bits per heavy atom. The Morgan fingerprint density at radius 2 is 2.10 bits per heavy atom. The van der Waals surface area contributed by atoms with Gasteiger partial charge in [0.1, 0.15) is 11.6 Å². The molecule has 2 unspecified atom stereocenters. The van der Waals surface area contributed by atoms with E-state index in [4.69, 9.17) is 5.73 Å². The minimum absolute atomic E-state index is 0.107. The first-order valence-corrected chi connectivity index (χ1v) is 6.96. The molecule has 0 bridgehead atoms. The number of nitrogens with two attached hydrogens (primary N) is 1. The van der Waals surface area contributed by atoms with Crippen molar-refractivity contribution < 1.29 is 13.6 Å². The Labute approximate surface area is 117 Å². The Bertz CT molecular complexity index is 505. The van der Waals surface area contributed by atoms with Crippen LogP contribution in [0.25, 0.3) is 0 Å². The fourth-order valence-corrected chi connectivity index (χ4v) is 2.68. The molecule has 1 saturated carbocycles. The van der Waals surface area contributed by atoms with Crippen LogP contribution >= 0.6 is 0 Å². The molecule has 0 aromatic heterocycles. The number of aryl methyl sites for hydroxylation is 1. The zero-order valence-corrected chi connectivity index (χ0v) is 11.6. The average molecular weight is 282 g/mol. The van der Waals surface area contributed by atoms with E-state index < -0.39 is 17.5 Å². The van der Waals surface area contributed by atoms with E-state index in [1.54, 1.807) is 0 Å². The number of halogens is 2. The van der Waals surface area contributed by atoms with Gasteiger partial charge in [-0.1, -0.05) is 6.42 Å². The highest BCUT2D eigenvalue weighted by molar-refractivity contribution is 5.94. The summed E-state index contributed by atoms with van der Waals surface area (Å²) in [6.07, 6.45) is 3.99. The van der Waals surface area contributed by atoms with Gasteiger partial charge in [-0.05, 0) is 43.7 Å². The highest BCUT2D eigenvalue weighted by Crippen LogP contribution is 2.22. The number of hydrogen-bond acceptors (Lipinski definition) is 2. The summed E-state index contributed by atoms with van der Waals surface area (Å²) >= 11 is 0. The molecule has 1 aromatic rings.